The van der Waals surface area contributed by atoms with Crippen LogP contribution in [0, 0.1) is 0 Å². The third-order valence-corrected chi connectivity index (χ3v) is 4.10. The molecular weight excluding hydrogens is 319 g/mol. The van der Waals surface area contributed by atoms with Gasteiger partial charge in [0.15, 0.2) is 0 Å². The monoisotopic (exact) mass is 332 g/mol. The fourth-order valence-corrected chi connectivity index (χ4v) is 2.86. The molecule has 0 atom stereocenters. The average Bonchev–Trinajstić information content (AvgIpc) is 2.80. The Labute approximate surface area is 138 Å². The number of anilines is 1. The molecule has 0 aliphatic carbocycles. The van der Waals surface area contributed by atoms with Crippen molar-refractivity contribution >= 4 is 45.7 Å². The van der Waals surface area contributed by atoms with Crippen molar-refractivity contribution in [1.82, 2.24) is 4.57 Å². The molecule has 22 heavy (non-hydrogen) atoms. The van der Waals surface area contributed by atoms with Gasteiger partial charge in [0.2, 0.25) is 5.91 Å². The molecule has 2 aromatic carbocycles. The van der Waals surface area contributed by atoms with E-state index in [0.29, 0.717) is 15.7 Å². The lowest BCUT2D eigenvalue weighted by molar-refractivity contribution is -0.115. The van der Waals surface area contributed by atoms with Crippen LogP contribution in [0.1, 0.15) is 5.56 Å². The SMILES string of the molecule is Cn1cc(CC(=O)Nc2cc(Cl)ccc2Cl)c2ccccc21. The predicted octanol–water partition coefficient (Wildman–Crippen LogP) is 4.67. The van der Waals surface area contributed by atoms with Crippen molar-refractivity contribution < 1.29 is 4.79 Å². The summed E-state index contributed by atoms with van der Waals surface area (Å²) in [5.41, 5.74) is 2.61. The second-order valence-corrected chi connectivity index (χ2v) is 5.98. The Kier molecular flexibility index (Phi) is 4.10. The number of amides is 1. The maximum atomic E-state index is 12.3. The fourth-order valence-electron chi connectivity index (χ4n) is 2.53. The van der Waals surface area contributed by atoms with Crippen molar-refractivity contribution in [3.63, 3.8) is 0 Å². The van der Waals surface area contributed by atoms with Gasteiger partial charge in [-0.15, -0.1) is 0 Å². The molecule has 0 unspecified atom stereocenters. The maximum absolute atomic E-state index is 12.3. The van der Waals surface area contributed by atoms with Crippen molar-refractivity contribution in [3.05, 3.63) is 64.3 Å². The Balaban J connectivity index is 1.83. The first-order chi connectivity index (χ1) is 10.5. The highest BCUT2D eigenvalue weighted by molar-refractivity contribution is 6.35. The third-order valence-electron chi connectivity index (χ3n) is 3.53. The van der Waals surface area contributed by atoms with E-state index in [9.17, 15) is 4.79 Å². The molecule has 5 heteroatoms. The van der Waals surface area contributed by atoms with Crippen LogP contribution >= 0.6 is 23.2 Å². The van der Waals surface area contributed by atoms with Gasteiger partial charge in [-0.2, -0.15) is 0 Å². The van der Waals surface area contributed by atoms with E-state index in [-0.39, 0.29) is 12.3 Å². The Morgan fingerprint density at radius 1 is 1.18 bits per heavy atom. The number of aryl methyl sites for hydroxylation is 1. The van der Waals surface area contributed by atoms with E-state index >= 15 is 0 Å². The number of para-hydroxylation sites is 1. The van der Waals surface area contributed by atoms with E-state index in [2.05, 4.69) is 5.32 Å². The molecule has 0 saturated heterocycles. The number of benzene rings is 2. The van der Waals surface area contributed by atoms with Crippen LogP contribution in [0.25, 0.3) is 10.9 Å². The maximum Gasteiger partial charge on any atom is 0.228 e. The first-order valence-corrected chi connectivity index (χ1v) is 7.58. The van der Waals surface area contributed by atoms with Gasteiger partial charge in [0.05, 0.1) is 17.1 Å². The minimum atomic E-state index is -0.125. The molecule has 112 valence electrons. The molecule has 1 amide bonds. The summed E-state index contributed by atoms with van der Waals surface area (Å²) < 4.78 is 2.02. The Bertz CT molecular complexity index is 855. The molecule has 1 aromatic heterocycles. The number of hydrogen-bond donors (Lipinski definition) is 1. The summed E-state index contributed by atoms with van der Waals surface area (Å²) in [7, 11) is 1.97. The minimum Gasteiger partial charge on any atom is -0.350 e. The minimum absolute atomic E-state index is 0.125. The van der Waals surface area contributed by atoms with E-state index in [1.165, 1.54) is 0 Å². The van der Waals surface area contributed by atoms with E-state index in [0.717, 1.165) is 16.5 Å². The number of halogens is 2. The Morgan fingerprint density at radius 2 is 1.95 bits per heavy atom. The highest BCUT2D eigenvalue weighted by Gasteiger charge is 2.12. The number of fused-ring (bicyclic) bond motifs is 1. The molecule has 0 radical (unpaired) electrons. The molecule has 0 spiro atoms. The molecular formula is C17H14Cl2N2O. The molecule has 3 aromatic rings. The van der Waals surface area contributed by atoms with Gasteiger partial charge in [0.25, 0.3) is 0 Å². The zero-order valence-corrected chi connectivity index (χ0v) is 13.4. The van der Waals surface area contributed by atoms with Crippen molar-refractivity contribution in [2.75, 3.05) is 5.32 Å². The highest BCUT2D eigenvalue weighted by Crippen LogP contribution is 2.26. The number of hydrogen-bond acceptors (Lipinski definition) is 1. The number of rotatable bonds is 3. The summed E-state index contributed by atoms with van der Waals surface area (Å²) in [4.78, 5) is 12.3. The van der Waals surface area contributed by atoms with Crippen LogP contribution < -0.4 is 5.32 Å². The fraction of sp³-hybridized carbons (Fsp3) is 0.118. The molecule has 0 aliphatic heterocycles. The molecule has 1 N–H and O–H groups in total. The van der Waals surface area contributed by atoms with Crippen LogP contribution in [-0.4, -0.2) is 10.5 Å². The van der Waals surface area contributed by atoms with Gasteiger partial charge in [-0.1, -0.05) is 41.4 Å². The summed E-state index contributed by atoms with van der Waals surface area (Å²) in [5, 5.41) is 4.89. The number of nitrogens with one attached hydrogen (secondary N) is 1. The first kappa shape index (κ1) is 14.9. The van der Waals surface area contributed by atoms with E-state index in [1.54, 1.807) is 18.2 Å². The lowest BCUT2D eigenvalue weighted by atomic mass is 10.1. The Morgan fingerprint density at radius 3 is 2.77 bits per heavy atom. The molecule has 3 rings (SSSR count). The molecule has 0 bridgehead atoms. The molecule has 1 heterocycles. The molecule has 0 saturated carbocycles. The number of carbonyl (C=O) groups is 1. The lowest BCUT2D eigenvalue weighted by Gasteiger charge is -2.07. The van der Waals surface area contributed by atoms with Gasteiger partial charge in [-0.05, 0) is 29.8 Å². The second kappa shape index (κ2) is 6.03. The zero-order valence-electron chi connectivity index (χ0n) is 11.9. The van der Waals surface area contributed by atoms with Gasteiger partial charge in [0.1, 0.15) is 0 Å². The average molecular weight is 333 g/mol. The predicted molar refractivity (Wildman–Crippen MR) is 91.7 cm³/mol. The zero-order chi connectivity index (χ0) is 15.7. The van der Waals surface area contributed by atoms with Crippen LogP contribution in [0.15, 0.2) is 48.7 Å². The lowest BCUT2D eigenvalue weighted by Crippen LogP contribution is -2.14. The molecule has 3 nitrogen and oxygen atoms in total. The van der Waals surface area contributed by atoms with Crippen LogP contribution in [0.3, 0.4) is 0 Å². The number of aromatic nitrogens is 1. The van der Waals surface area contributed by atoms with Crippen molar-refractivity contribution in [2.24, 2.45) is 7.05 Å². The second-order valence-electron chi connectivity index (χ2n) is 5.13. The summed E-state index contributed by atoms with van der Waals surface area (Å²) in [5.74, 6) is -0.125. The van der Waals surface area contributed by atoms with Crippen LogP contribution in [0.5, 0.6) is 0 Å². The highest BCUT2D eigenvalue weighted by atomic mass is 35.5. The third kappa shape index (κ3) is 2.96. The van der Waals surface area contributed by atoms with Gasteiger partial charge < -0.3 is 9.88 Å². The number of nitrogens with zero attached hydrogens (tertiary/aromatic N) is 1. The quantitative estimate of drug-likeness (QED) is 0.743. The first-order valence-electron chi connectivity index (χ1n) is 6.82. The number of carbonyl (C=O) groups excluding carboxylic acids is 1. The normalized spacial score (nSPS) is 10.9. The van der Waals surface area contributed by atoms with Gasteiger partial charge >= 0.3 is 0 Å². The topological polar surface area (TPSA) is 34.0 Å². The van der Waals surface area contributed by atoms with E-state index in [1.807, 2.05) is 42.1 Å². The van der Waals surface area contributed by atoms with Crippen LogP contribution in [0.4, 0.5) is 5.69 Å². The summed E-state index contributed by atoms with van der Waals surface area (Å²) in [6.07, 6.45) is 2.26. The molecule has 0 fully saturated rings. The van der Waals surface area contributed by atoms with Gasteiger partial charge in [-0.3, -0.25) is 4.79 Å². The summed E-state index contributed by atoms with van der Waals surface area (Å²) >= 11 is 12.0. The van der Waals surface area contributed by atoms with Crippen molar-refractivity contribution in [2.45, 2.75) is 6.42 Å². The van der Waals surface area contributed by atoms with Gasteiger partial charge in [-0.25, -0.2) is 0 Å². The van der Waals surface area contributed by atoms with Crippen LogP contribution in [0.2, 0.25) is 10.0 Å². The van der Waals surface area contributed by atoms with Gasteiger partial charge in [0, 0.05) is 29.2 Å². The van der Waals surface area contributed by atoms with Crippen LogP contribution in [-0.2, 0) is 18.3 Å². The standard InChI is InChI=1S/C17H14Cl2N2O/c1-21-10-11(13-4-2-3-5-16(13)21)8-17(22)20-15-9-12(18)6-7-14(15)19/h2-7,9-10H,8H2,1H3,(H,20,22). The van der Waals surface area contributed by atoms with E-state index < -0.39 is 0 Å². The van der Waals surface area contributed by atoms with Crippen molar-refractivity contribution in [3.8, 4) is 0 Å². The van der Waals surface area contributed by atoms with E-state index in [4.69, 9.17) is 23.2 Å². The smallest absolute Gasteiger partial charge is 0.228 e. The largest absolute Gasteiger partial charge is 0.350 e. The van der Waals surface area contributed by atoms with Crippen molar-refractivity contribution in [1.29, 1.82) is 0 Å². The summed E-state index contributed by atoms with van der Waals surface area (Å²) in [6.45, 7) is 0. The Hall–Kier alpha value is -1.97. The summed E-state index contributed by atoms with van der Waals surface area (Å²) in [6, 6.07) is 13.0. The molecule has 0 aliphatic rings.